The quantitative estimate of drug-likeness (QED) is 0.706. The molecule has 0 aliphatic carbocycles. The van der Waals surface area contributed by atoms with Crippen molar-refractivity contribution >= 4 is 15.9 Å². The standard InChI is InChI=1S/C15H21N5O5S/c1-9-14(10(2)24-17-9)26(22,23)20-7-12(8-20)15-16-13(18-25-15)5-6-19(4)11(3)21/h12H,5-8H2,1-4H3. The van der Waals surface area contributed by atoms with E-state index in [-0.39, 0.29) is 35.6 Å². The van der Waals surface area contributed by atoms with Crippen molar-refractivity contribution in [2.24, 2.45) is 0 Å². The molecule has 3 rings (SSSR count). The topological polar surface area (TPSA) is 123 Å². The Hall–Kier alpha value is -2.27. The molecule has 1 fully saturated rings. The van der Waals surface area contributed by atoms with Gasteiger partial charge in [0.15, 0.2) is 11.6 Å². The molecule has 0 atom stereocenters. The van der Waals surface area contributed by atoms with E-state index in [9.17, 15) is 13.2 Å². The molecule has 0 bridgehead atoms. The number of likely N-dealkylation sites (N-methyl/N-ethyl adjacent to an activating group) is 1. The first-order chi connectivity index (χ1) is 12.2. The summed E-state index contributed by atoms with van der Waals surface area (Å²) >= 11 is 0. The van der Waals surface area contributed by atoms with E-state index in [1.54, 1.807) is 25.8 Å². The molecule has 0 aromatic carbocycles. The summed E-state index contributed by atoms with van der Waals surface area (Å²) in [7, 11) is -1.94. The molecule has 1 amide bonds. The maximum absolute atomic E-state index is 12.7. The first kappa shape index (κ1) is 18.5. The number of hydrogen-bond acceptors (Lipinski definition) is 8. The molecule has 2 aromatic rings. The Bertz CT molecular complexity index is 893. The summed E-state index contributed by atoms with van der Waals surface area (Å²) in [6, 6.07) is 0. The number of amides is 1. The van der Waals surface area contributed by atoms with Crippen LogP contribution in [0.15, 0.2) is 13.9 Å². The number of carbonyl (C=O) groups is 1. The highest BCUT2D eigenvalue weighted by Gasteiger charge is 2.42. The smallest absolute Gasteiger partial charge is 0.248 e. The second-order valence-electron chi connectivity index (χ2n) is 6.41. The minimum Gasteiger partial charge on any atom is -0.360 e. The summed E-state index contributed by atoms with van der Waals surface area (Å²) < 4.78 is 36.9. The van der Waals surface area contributed by atoms with Gasteiger partial charge < -0.3 is 13.9 Å². The van der Waals surface area contributed by atoms with Crippen LogP contribution in [-0.4, -0.2) is 65.5 Å². The molecule has 10 nitrogen and oxygen atoms in total. The molecule has 0 unspecified atom stereocenters. The summed E-state index contributed by atoms with van der Waals surface area (Å²) in [6.07, 6.45) is 0.480. The van der Waals surface area contributed by atoms with Crippen molar-refractivity contribution in [2.75, 3.05) is 26.7 Å². The molecular weight excluding hydrogens is 362 g/mol. The van der Waals surface area contributed by atoms with E-state index in [0.29, 0.717) is 30.4 Å². The van der Waals surface area contributed by atoms with Gasteiger partial charge in [-0.2, -0.15) is 9.29 Å². The van der Waals surface area contributed by atoms with Gasteiger partial charge in [-0.1, -0.05) is 10.3 Å². The van der Waals surface area contributed by atoms with Gasteiger partial charge in [0.2, 0.25) is 21.8 Å². The van der Waals surface area contributed by atoms with Crippen LogP contribution in [0.5, 0.6) is 0 Å². The molecule has 26 heavy (non-hydrogen) atoms. The molecular formula is C15H21N5O5S. The molecule has 11 heteroatoms. The van der Waals surface area contributed by atoms with Gasteiger partial charge in [-0.15, -0.1) is 0 Å². The molecule has 2 aromatic heterocycles. The predicted molar refractivity (Wildman–Crippen MR) is 88.8 cm³/mol. The Morgan fingerprint density at radius 1 is 1.27 bits per heavy atom. The average Bonchev–Trinajstić information content (AvgIpc) is 3.10. The lowest BCUT2D eigenvalue weighted by molar-refractivity contribution is -0.127. The number of nitrogens with zero attached hydrogens (tertiary/aromatic N) is 5. The lowest BCUT2D eigenvalue weighted by atomic mass is 10.0. The monoisotopic (exact) mass is 383 g/mol. The van der Waals surface area contributed by atoms with Crippen LogP contribution in [0.2, 0.25) is 0 Å². The third-order valence-electron chi connectivity index (χ3n) is 4.46. The van der Waals surface area contributed by atoms with Gasteiger partial charge >= 0.3 is 0 Å². The lowest BCUT2D eigenvalue weighted by Crippen LogP contribution is -2.48. The number of rotatable bonds is 6. The zero-order valence-electron chi connectivity index (χ0n) is 15.1. The van der Waals surface area contributed by atoms with E-state index in [1.807, 2.05) is 0 Å². The van der Waals surface area contributed by atoms with Crippen molar-refractivity contribution in [1.82, 2.24) is 24.5 Å². The fourth-order valence-electron chi connectivity index (χ4n) is 2.72. The predicted octanol–water partition coefficient (Wildman–Crippen LogP) is 0.483. The average molecular weight is 383 g/mol. The summed E-state index contributed by atoms with van der Waals surface area (Å²) in [4.78, 5) is 17.2. The van der Waals surface area contributed by atoms with Gasteiger partial charge in [-0.05, 0) is 13.8 Å². The number of carbonyl (C=O) groups excluding carboxylic acids is 1. The van der Waals surface area contributed by atoms with Crippen LogP contribution < -0.4 is 0 Å². The molecule has 0 radical (unpaired) electrons. The van der Waals surface area contributed by atoms with E-state index >= 15 is 0 Å². The highest BCUT2D eigenvalue weighted by atomic mass is 32.2. The SMILES string of the molecule is CC(=O)N(C)CCc1noc(C2CN(S(=O)(=O)c3c(C)noc3C)C2)n1. The first-order valence-corrected chi connectivity index (χ1v) is 9.61. The highest BCUT2D eigenvalue weighted by molar-refractivity contribution is 7.89. The van der Waals surface area contributed by atoms with Crippen molar-refractivity contribution in [2.45, 2.75) is 38.0 Å². The molecule has 3 heterocycles. The third kappa shape index (κ3) is 3.36. The molecule has 1 aliphatic rings. The highest BCUT2D eigenvalue weighted by Crippen LogP contribution is 2.33. The van der Waals surface area contributed by atoms with Gasteiger partial charge in [-0.3, -0.25) is 4.79 Å². The molecule has 1 aliphatic heterocycles. The Labute approximate surface area is 151 Å². The Morgan fingerprint density at radius 3 is 2.54 bits per heavy atom. The fourth-order valence-corrected chi connectivity index (χ4v) is 4.54. The second kappa shape index (κ2) is 6.80. The van der Waals surface area contributed by atoms with E-state index in [2.05, 4.69) is 15.3 Å². The van der Waals surface area contributed by atoms with Crippen LogP contribution in [0.4, 0.5) is 0 Å². The van der Waals surface area contributed by atoms with Crippen molar-refractivity contribution in [1.29, 1.82) is 0 Å². The summed E-state index contributed by atoms with van der Waals surface area (Å²) in [5.74, 6) is 1.02. The molecule has 1 saturated heterocycles. The zero-order valence-corrected chi connectivity index (χ0v) is 15.9. The maximum atomic E-state index is 12.7. The largest absolute Gasteiger partial charge is 0.360 e. The van der Waals surface area contributed by atoms with Crippen LogP contribution in [0.1, 0.15) is 36.0 Å². The lowest BCUT2D eigenvalue weighted by Gasteiger charge is -2.35. The summed E-state index contributed by atoms with van der Waals surface area (Å²) in [5.41, 5.74) is 0.348. The zero-order chi connectivity index (χ0) is 19.1. The maximum Gasteiger partial charge on any atom is 0.248 e. The number of hydrogen-bond donors (Lipinski definition) is 0. The van der Waals surface area contributed by atoms with E-state index in [0.717, 1.165) is 0 Å². The van der Waals surface area contributed by atoms with Crippen LogP contribution in [0.3, 0.4) is 0 Å². The van der Waals surface area contributed by atoms with Crippen LogP contribution in [0, 0.1) is 13.8 Å². The normalized spacial score (nSPS) is 15.8. The summed E-state index contributed by atoms with van der Waals surface area (Å²) in [5, 5.41) is 7.60. The number of aromatic nitrogens is 3. The number of sulfonamides is 1. The van der Waals surface area contributed by atoms with Crippen molar-refractivity contribution in [3.8, 4) is 0 Å². The summed E-state index contributed by atoms with van der Waals surface area (Å²) in [6.45, 7) is 5.69. The van der Waals surface area contributed by atoms with Crippen LogP contribution in [-0.2, 0) is 21.2 Å². The van der Waals surface area contributed by atoms with Gasteiger partial charge in [-0.25, -0.2) is 8.42 Å². The third-order valence-corrected chi connectivity index (χ3v) is 6.53. The Kier molecular flexibility index (Phi) is 4.84. The van der Waals surface area contributed by atoms with Crippen molar-refractivity contribution < 1.29 is 22.3 Å². The van der Waals surface area contributed by atoms with Crippen molar-refractivity contribution in [3.05, 3.63) is 23.2 Å². The van der Waals surface area contributed by atoms with Gasteiger partial charge in [0, 0.05) is 40.0 Å². The molecule has 0 N–H and O–H groups in total. The number of aryl methyl sites for hydroxylation is 2. The van der Waals surface area contributed by atoms with E-state index < -0.39 is 10.0 Å². The Balaban J connectivity index is 1.61. The molecule has 0 saturated carbocycles. The van der Waals surface area contributed by atoms with Crippen LogP contribution >= 0.6 is 0 Å². The van der Waals surface area contributed by atoms with Gasteiger partial charge in [0.05, 0.1) is 5.92 Å². The van der Waals surface area contributed by atoms with Crippen molar-refractivity contribution in [3.63, 3.8) is 0 Å². The van der Waals surface area contributed by atoms with Gasteiger partial charge in [0.25, 0.3) is 0 Å². The minimum atomic E-state index is -3.64. The van der Waals surface area contributed by atoms with Crippen LogP contribution in [0.25, 0.3) is 0 Å². The first-order valence-electron chi connectivity index (χ1n) is 8.17. The molecule has 0 spiro atoms. The Morgan fingerprint density at radius 2 is 1.96 bits per heavy atom. The fraction of sp³-hybridized carbons (Fsp3) is 0.600. The van der Waals surface area contributed by atoms with E-state index in [1.165, 1.54) is 11.2 Å². The minimum absolute atomic E-state index is 0.0344. The second-order valence-corrected chi connectivity index (χ2v) is 8.29. The van der Waals surface area contributed by atoms with E-state index in [4.69, 9.17) is 9.05 Å². The van der Waals surface area contributed by atoms with Gasteiger partial charge in [0.1, 0.15) is 10.6 Å². The molecule has 142 valence electrons.